The topological polar surface area (TPSA) is 19.7 Å². The number of aromatic nitrogens is 4. The monoisotopic (exact) mass is 738 g/mol. The summed E-state index contributed by atoms with van der Waals surface area (Å²) in [6.07, 6.45) is 0. The predicted molar refractivity (Wildman–Crippen MR) is 244 cm³/mol. The van der Waals surface area contributed by atoms with Crippen LogP contribution >= 0.6 is 0 Å². The Kier molecular flexibility index (Phi) is 6.41. The molecular weight excluding hydrogens is 705 g/mol. The van der Waals surface area contributed by atoms with Crippen molar-refractivity contribution in [3.8, 4) is 22.7 Å². The van der Waals surface area contributed by atoms with Gasteiger partial charge in [0.05, 0.1) is 49.8 Å². The van der Waals surface area contributed by atoms with Crippen molar-refractivity contribution in [2.75, 3.05) is 0 Å². The minimum atomic E-state index is 1.12. The Morgan fingerprint density at radius 3 is 1.24 bits per heavy atom. The molecule has 0 aliphatic carbocycles. The molecule has 0 bridgehead atoms. The molecule has 9 aromatic carbocycles. The lowest BCUT2D eigenvalue weighted by atomic mass is 10.1. The Bertz CT molecular complexity index is 3740. The highest BCUT2D eigenvalue weighted by Gasteiger charge is 2.22. The van der Waals surface area contributed by atoms with Crippen LogP contribution in [0.3, 0.4) is 0 Å². The van der Waals surface area contributed by atoms with Crippen LogP contribution in [0.15, 0.2) is 206 Å². The first-order chi connectivity index (χ1) is 28.8. The molecule has 4 heterocycles. The van der Waals surface area contributed by atoms with E-state index in [4.69, 9.17) is 0 Å². The van der Waals surface area contributed by atoms with Gasteiger partial charge in [0.2, 0.25) is 0 Å². The summed E-state index contributed by atoms with van der Waals surface area (Å²) in [6.45, 7) is 0. The van der Waals surface area contributed by atoms with Gasteiger partial charge in [-0.1, -0.05) is 127 Å². The van der Waals surface area contributed by atoms with Gasteiger partial charge >= 0.3 is 0 Å². The first kappa shape index (κ1) is 31.4. The molecule has 4 aromatic heterocycles. The van der Waals surface area contributed by atoms with E-state index >= 15 is 0 Å². The predicted octanol–water partition coefficient (Wildman–Crippen LogP) is 14.1. The van der Waals surface area contributed by atoms with Gasteiger partial charge in [-0.15, -0.1) is 0 Å². The van der Waals surface area contributed by atoms with E-state index in [1.165, 1.54) is 87.2 Å². The number of benzene rings is 9. The molecule has 0 N–H and O–H groups in total. The number of para-hydroxylation sites is 7. The van der Waals surface area contributed by atoms with Gasteiger partial charge in [-0.25, -0.2) is 0 Å². The van der Waals surface area contributed by atoms with Gasteiger partial charge in [0.1, 0.15) is 0 Å². The van der Waals surface area contributed by atoms with Crippen LogP contribution in [0.25, 0.3) is 110 Å². The SMILES string of the molecule is c1ccc(-n2c3ccccc3c3cc(-n4c5ccccc5c5ccc(-n6c7ccccc7c7cccc(-n8c9ccccc9c9ccccc98)c76)cc54)ccc32)cc1. The quantitative estimate of drug-likeness (QED) is 0.171. The van der Waals surface area contributed by atoms with Crippen LogP contribution in [0.5, 0.6) is 0 Å². The molecule has 0 saturated carbocycles. The van der Waals surface area contributed by atoms with E-state index < -0.39 is 0 Å². The molecule has 58 heavy (non-hydrogen) atoms. The first-order valence-corrected chi connectivity index (χ1v) is 20.0. The smallest absolute Gasteiger partial charge is 0.0782 e. The number of nitrogens with zero attached hydrogens (tertiary/aromatic N) is 4. The van der Waals surface area contributed by atoms with Crippen molar-refractivity contribution in [3.05, 3.63) is 206 Å². The normalized spacial score (nSPS) is 12.1. The summed E-state index contributed by atoms with van der Waals surface area (Å²) >= 11 is 0. The molecule has 0 saturated heterocycles. The van der Waals surface area contributed by atoms with Gasteiger partial charge in [-0.2, -0.15) is 0 Å². The van der Waals surface area contributed by atoms with Crippen molar-refractivity contribution in [1.82, 2.24) is 18.3 Å². The third kappa shape index (κ3) is 4.23. The largest absolute Gasteiger partial charge is 0.309 e. The molecule has 0 fully saturated rings. The third-order valence-electron chi connectivity index (χ3n) is 12.3. The van der Waals surface area contributed by atoms with Gasteiger partial charge in [0, 0.05) is 60.2 Å². The molecule has 270 valence electrons. The molecule has 0 radical (unpaired) electrons. The molecule has 0 aliphatic rings. The number of hydrogen-bond acceptors (Lipinski definition) is 0. The molecule has 13 rings (SSSR count). The fraction of sp³-hybridized carbons (Fsp3) is 0. The summed E-state index contributed by atoms with van der Waals surface area (Å²) in [5, 5.41) is 9.93. The van der Waals surface area contributed by atoms with Crippen molar-refractivity contribution < 1.29 is 0 Å². The zero-order valence-corrected chi connectivity index (χ0v) is 31.4. The highest BCUT2D eigenvalue weighted by Crippen LogP contribution is 2.42. The van der Waals surface area contributed by atoms with Crippen LogP contribution in [-0.4, -0.2) is 18.3 Å². The fourth-order valence-electron chi connectivity index (χ4n) is 9.96. The molecular formula is C54H34N4. The highest BCUT2D eigenvalue weighted by atomic mass is 15.1. The summed E-state index contributed by atoms with van der Waals surface area (Å²) in [6, 6.07) is 75.5. The molecule has 0 atom stereocenters. The fourth-order valence-corrected chi connectivity index (χ4v) is 9.96. The van der Waals surface area contributed by atoms with Gasteiger partial charge in [-0.05, 0) is 78.9 Å². The summed E-state index contributed by atoms with van der Waals surface area (Å²) in [5.74, 6) is 0. The summed E-state index contributed by atoms with van der Waals surface area (Å²) in [4.78, 5) is 0. The standard InChI is InChI=1S/C54H34N4/c1-2-15-35(16-3-1)55-47-24-10-8-21-42(47)45-33-36(30-32-51(45)55)56-46-23-9-4-19-40(46)43-31-29-37(34-53(43)56)57-48-25-11-7-20-41(48)44-22-14-28-52(54(44)57)58-49-26-12-5-17-38(49)39-18-6-13-27-50(39)58/h1-34H. The Hall–Kier alpha value is -7.82. The highest BCUT2D eigenvalue weighted by molar-refractivity contribution is 6.16. The van der Waals surface area contributed by atoms with E-state index in [9.17, 15) is 0 Å². The van der Waals surface area contributed by atoms with Crippen LogP contribution in [0, 0.1) is 0 Å². The molecule has 0 amide bonds. The number of fused-ring (bicyclic) bond motifs is 12. The van der Waals surface area contributed by atoms with Gasteiger partial charge in [0.25, 0.3) is 0 Å². The van der Waals surface area contributed by atoms with Crippen LogP contribution in [0.2, 0.25) is 0 Å². The Morgan fingerprint density at radius 2 is 0.621 bits per heavy atom. The van der Waals surface area contributed by atoms with Crippen molar-refractivity contribution in [1.29, 1.82) is 0 Å². The van der Waals surface area contributed by atoms with Gasteiger partial charge in [-0.3, -0.25) is 0 Å². The van der Waals surface area contributed by atoms with E-state index in [1.54, 1.807) is 0 Å². The van der Waals surface area contributed by atoms with Crippen molar-refractivity contribution in [3.63, 3.8) is 0 Å². The average molecular weight is 739 g/mol. The minimum Gasteiger partial charge on any atom is -0.309 e. The molecule has 4 heteroatoms. The number of hydrogen-bond donors (Lipinski definition) is 0. The van der Waals surface area contributed by atoms with Crippen LogP contribution in [0.4, 0.5) is 0 Å². The second-order valence-corrected chi connectivity index (χ2v) is 15.3. The molecule has 4 nitrogen and oxygen atoms in total. The van der Waals surface area contributed by atoms with Gasteiger partial charge in [0.15, 0.2) is 0 Å². The number of rotatable bonds is 4. The maximum Gasteiger partial charge on any atom is 0.0782 e. The molecule has 0 aliphatic heterocycles. The van der Waals surface area contributed by atoms with E-state index in [0.29, 0.717) is 0 Å². The zero-order valence-electron chi connectivity index (χ0n) is 31.4. The zero-order chi connectivity index (χ0) is 37.9. The van der Waals surface area contributed by atoms with Crippen LogP contribution in [0.1, 0.15) is 0 Å². The summed E-state index contributed by atoms with van der Waals surface area (Å²) in [7, 11) is 0. The summed E-state index contributed by atoms with van der Waals surface area (Å²) < 4.78 is 9.79. The molecule has 0 spiro atoms. The molecule has 0 unspecified atom stereocenters. The Balaban J connectivity index is 1.11. The van der Waals surface area contributed by atoms with Crippen molar-refractivity contribution in [2.24, 2.45) is 0 Å². The van der Waals surface area contributed by atoms with Gasteiger partial charge < -0.3 is 18.3 Å². The maximum absolute atomic E-state index is 2.49. The minimum absolute atomic E-state index is 1.12. The Labute approximate surface area is 333 Å². The van der Waals surface area contributed by atoms with E-state index in [0.717, 1.165) is 22.7 Å². The van der Waals surface area contributed by atoms with Crippen LogP contribution < -0.4 is 0 Å². The second-order valence-electron chi connectivity index (χ2n) is 15.3. The van der Waals surface area contributed by atoms with Crippen molar-refractivity contribution in [2.45, 2.75) is 0 Å². The lowest BCUT2D eigenvalue weighted by Gasteiger charge is -2.15. The maximum atomic E-state index is 2.49. The lowest BCUT2D eigenvalue weighted by molar-refractivity contribution is 1.13. The van der Waals surface area contributed by atoms with E-state index in [1.807, 2.05) is 0 Å². The first-order valence-electron chi connectivity index (χ1n) is 20.0. The van der Waals surface area contributed by atoms with E-state index in [-0.39, 0.29) is 0 Å². The third-order valence-corrected chi connectivity index (χ3v) is 12.3. The second kappa shape index (κ2) is 11.8. The average Bonchev–Trinajstić information content (AvgIpc) is 4.01. The van der Waals surface area contributed by atoms with Crippen LogP contribution in [-0.2, 0) is 0 Å². The lowest BCUT2D eigenvalue weighted by Crippen LogP contribution is -2.01. The van der Waals surface area contributed by atoms with E-state index in [2.05, 4.69) is 225 Å². The summed E-state index contributed by atoms with van der Waals surface area (Å²) in [5.41, 5.74) is 14.1. The van der Waals surface area contributed by atoms with Crippen molar-refractivity contribution >= 4 is 87.2 Å². The molecule has 13 aromatic rings. The Morgan fingerprint density at radius 1 is 0.207 bits per heavy atom.